The van der Waals surface area contributed by atoms with Gasteiger partial charge in [-0.15, -0.1) is 12.3 Å². The number of terminal acetylenes is 1. The summed E-state index contributed by atoms with van der Waals surface area (Å²) < 4.78 is 0. The maximum absolute atomic E-state index is 5.60. The highest BCUT2D eigenvalue weighted by Gasteiger charge is 2.14. The molecule has 0 unspecified atom stereocenters. The average molecular weight is 499 g/mol. The lowest BCUT2D eigenvalue weighted by Gasteiger charge is -2.18. The Kier molecular flexibility index (Phi) is 12.1. The molecule has 0 aromatic heterocycles. The van der Waals surface area contributed by atoms with Crippen LogP contribution >= 0.6 is 0 Å². The molecule has 0 bridgehead atoms. The van der Waals surface area contributed by atoms with Crippen LogP contribution in [0.15, 0.2) is 121 Å². The van der Waals surface area contributed by atoms with Crippen LogP contribution in [0.4, 0.5) is 0 Å². The second kappa shape index (κ2) is 15.2. The van der Waals surface area contributed by atoms with Gasteiger partial charge in [-0.05, 0) is 93.6 Å². The van der Waals surface area contributed by atoms with E-state index in [4.69, 9.17) is 6.42 Å². The molecular weight excluding hydrogens is 456 g/mol. The van der Waals surface area contributed by atoms with Crippen molar-refractivity contribution in [3.05, 3.63) is 138 Å². The topological polar surface area (TPSA) is 0 Å². The molecular formula is C38H42. The molecule has 3 aromatic carbocycles. The zero-order valence-corrected chi connectivity index (χ0v) is 24.0. The summed E-state index contributed by atoms with van der Waals surface area (Å²) in [7, 11) is 0. The zero-order valence-electron chi connectivity index (χ0n) is 24.0. The first kappa shape index (κ1) is 30.1. The smallest absolute Gasteiger partial charge is 0.0337 e. The van der Waals surface area contributed by atoms with Gasteiger partial charge in [0, 0.05) is 6.42 Å². The fraction of sp³-hybridized carbons (Fsp3) is 0.211. The number of hydrogen-bond donors (Lipinski definition) is 0. The first-order valence-corrected chi connectivity index (χ1v) is 13.5. The third kappa shape index (κ3) is 7.96. The highest BCUT2D eigenvalue weighted by Crippen LogP contribution is 2.34. The average Bonchev–Trinajstić information content (AvgIpc) is 2.94. The third-order valence-corrected chi connectivity index (χ3v) is 6.24. The maximum Gasteiger partial charge on any atom is 0.0337 e. The SMILES string of the molecule is C#CCC(=C)c1cc(C(=C)/C=C(C)/C(=C(/C=C\C)C(C)C)c2ccccc2)cc(-c2ccccc2)c1.CC. The summed E-state index contributed by atoms with van der Waals surface area (Å²) in [5.41, 5.74) is 11.2. The zero-order chi connectivity index (χ0) is 28.1. The van der Waals surface area contributed by atoms with Crippen molar-refractivity contribution in [2.75, 3.05) is 0 Å². The minimum atomic E-state index is 0.383. The van der Waals surface area contributed by atoms with Crippen LogP contribution in [-0.4, -0.2) is 0 Å². The summed E-state index contributed by atoms with van der Waals surface area (Å²) in [6.07, 6.45) is 12.7. The molecule has 0 amide bonds. The van der Waals surface area contributed by atoms with Crippen molar-refractivity contribution in [1.82, 2.24) is 0 Å². The summed E-state index contributed by atoms with van der Waals surface area (Å²) in [5.74, 6) is 3.11. The quantitative estimate of drug-likeness (QED) is 0.203. The van der Waals surface area contributed by atoms with E-state index in [9.17, 15) is 0 Å². The van der Waals surface area contributed by atoms with E-state index in [0.29, 0.717) is 12.3 Å². The van der Waals surface area contributed by atoms with Gasteiger partial charge < -0.3 is 0 Å². The molecule has 194 valence electrons. The predicted octanol–water partition coefficient (Wildman–Crippen LogP) is 11.1. The van der Waals surface area contributed by atoms with Crippen LogP contribution in [0, 0.1) is 18.3 Å². The lowest BCUT2D eigenvalue weighted by molar-refractivity contribution is 0.793. The van der Waals surface area contributed by atoms with E-state index in [0.717, 1.165) is 33.4 Å². The van der Waals surface area contributed by atoms with Crippen molar-refractivity contribution in [3.63, 3.8) is 0 Å². The van der Waals surface area contributed by atoms with Gasteiger partial charge in [-0.1, -0.05) is 120 Å². The normalized spacial score (nSPS) is 11.9. The summed E-state index contributed by atoms with van der Waals surface area (Å²) in [6.45, 7) is 21.5. The number of rotatable bonds is 9. The van der Waals surface area contributed by atoms with E-state index in [1.807, 2.05) is 19.9 Å². The molecule has 0 spiro atoms. The maximum atomic E-state index is 5.60. The highest BCUT2D eigenvalue weighted by molar-refractivity contribution is 5.88. The molecule has 0 N–H and O–H groups in total. The third-order valence-electron chi connectivity index (χ3n) is 6.24. The van der Waals surface area contributed by atoms with Crippen molar-refractivity contribution >= 4 is 16.7 Å². The molecule has 3 aromatic rings. The molecule has 0 saturated heterocycles. The molecule has 38 heavy (non-hydrogen) atoms. The molecule has 0 fully saturated rings. The lowest BCUT2D eigenvalue weighted by atomic mass is 9.86. The van der Waals surface area contributed by atoms with E-state index in [2.05, 4.69) is 138 Å². The van der Waals surface area contributed by atoms with Crippen LogP contribution in [0.2, 0.25) is 0 Å². The number of allylic oxidation sites excluding steroid dienone is 8. The van der Waals surface area contributed by atoms with Crippen molar-refractivity contribution in [3.8, 4) is 23.5 Å². The monoisotopic (exact) mass is 498 g/mol. The lowest BCUT2D eigenvalue weighted by Crippen LogP contribution is -1.99. The molecule has 0 radical (unpaired) electrons. The molecule has 0 heterocycles. The Morgan fingerprint density at radius 1 is 0.842 bits per heavy atom. The Morgan fingerprint density at radius 2 is 1.42 bits per heavy atom. The van der Waals surface area contributed by atoms with Crippen LogP contribution in [0.25, 0.3) is 27.8 Å². The largest absolute Gasteiger partial charge is 0.120 e. The Labute approximate surface area is 231 Å². The van der Waals surface area contributed by atoms with Gasteiger partial charge in [0.05, 0.1) is 0 Å². The first-order valence-electron chi connectivity index (χ1n) is 13.5. The van der Waals surface area contributed by atoms with Crippen molar-refractivity contribution in [1.29, 1.82) is 0 Å². The Morgan fingerprint density at radius 3 is 1.97 bits per heavy atom. The van der Waals surface area contributed by atoms with Gasteiger partial charge in [0.1, 0.15) is 0 Å². The van der Waals surface area contributed by atoms with Crippen LogP contribution in [0.5, 0.6) is 0 Å². The van der Waals surface area contributed by atoms with E-state index < -0.39 is 0 Å². The van der Waals surface area contributed by atoms with Gasteiger partial charge >= 0.3 is 0 Å². The van der Waals surface area contributed by atoms with Gasteiger partial charge in [0.2, 0.25) is 0 Å². The van der Waals surface area contributed by atoms with E-state index in [1.54, 1.807) is 0 Å². The van der Waals surface area contributed by atoms with Gasteiger partial charge in [-0.3, -0.25) is 0 Å². The van der Waals surface area contributed by atoms with E-state index >= 15 is 0 Å². The minimum Gasteiger partial charge on any atom is -0.120 e. The summed E-state index contributed by atoms with van der Waals surface area (Å²) in [6, 6.07) is 27.5. The summed E-state index contributed by atoms with van der Waals surface area (Å²) in [5, 5.41) is 0. The van der Waals surface area contributed by atoms with Crippen LogP contribution in [0.3, 0.4) is 0 Å². The van der Waals surface area contributed by atoms with Crippen LogP contribution in [0.1, 0.15) is 64.7 Å². The van der Waals surface area contributed by atoms with Crippen LogP contribution in [-0.2, 0) is 0 Å². The fourth-order valence-electron chi connectivity index (χ4n) is 4.43. The molecule has 0 atom stereocenters. The van der Waals surface area contributed by atoms with Gasteiger partial charge in [0.25, 0.3) is 0 Å². The number of benzene rings is 3. The van der Waals surface area contributed by atoms with Crippen molar-refractivity contribution in [2.24, 2.45) is 5.92 Å². The molecule has 0 saturated carbocycles. The molecule has 0 aliphatic rings. The van der Waals surface area contributed by atoms with Crippen molar-refractivity contribution < 1.29 is 0 Å². The number of hydrogen-bond acceptors (Lipinski definition) is 0. The summed E-state index contributed by atoms with van der Waals surface area (Å²) in [4.78, 5) is 0. The Bertz CT molecular complexity index is 1350. The van der Waals surface area contributed by atoms with Crippen LogP contribution < -0.4 is 0 Å². The molecule has 0 aliphatic carbocycles. The standard InChI is InChI=1S/C36H36.C2H6/c1-8-16-27(5)32-23-33(25-34(24-32)30-18-12-10-13-19-30)28(6)22-29(7)36(31-20-14-11-15-21-31)35(17-9-2)26(3)4;1-2/h1,9-15,17-26H,5-6,16H2,2-4,7H3;1-2H3/b17-9-,29-22+,36-35+;. The van der Waals surface area contributed by atoms with Gasteiger partial charge in [-0.2, -0.15) is 0 Å². The Hall–Kier alpha value is -4.08. The fourth-order valence-corrected chi connectivity index (χ4v) is 4.43. The highest BCUT2D eigenvalue weighted by atomic mass is 14.2. The first-order chi connectivity index (χ1) is 18.3. The second-order valence-electron chi connectivity index (χ2n) is 9.35. The predicted molar refractivity (Wildman–Crippen MR) is 172 cm³/mol. The van der Waals surface area contributed by atoms with E-state index in [1.165, 1.54) is 22.3 Å². The second-order valence-corrected chi connectivity index (χ2v) is 9.35. The Balaban J connectivity index is 0.00000247. The van der Waals surface area contributed by atoms with Gasteiger partial charge in [0.15, 0.2) is 0 Å². The minimum absolute atomic E-state index is 0.383. The van der Waals surface area contributed by atoms with Crippen molar-refractivity contribution in [2.45, 2.75) is 48.0 Å². The molecule has 0 heteroatoms. The summed E-state index contributed by atoms with van der Waals surface area (Å²) >= 11 is 0. The molecule has 0 nitrogen and oxygen atoms in total. The molecule has 0 aliphatic heterocycles. The van der Waals surface area contributed by atoms with Gasteiger partial charge in [-0.25, -0.2) is 0 Å². The molecule has 3 rings (SSSR count). The van der Waals surface area contributed by atoms with E-state index in [-0.39, 0.29) is 0 Å².